The Balaban J connectivity index is 0.000000201. The molecule has 0 aliphatic carbocycles. The number of rotatable bonds is 6. The van der Waals surface area contributed by atoms with Crippen LogP contribution in [0, 0.1) is 45.7 Å². The van der Waals surface area contributed by atoms with Crippen molar-refractivity contribution in [3.63, 3.8) is 0 Å². The van der Waals surface area contributed by atoms with Gasteiger partial charge in [0.2, 0.25) is 22.9 Å². The van der Waals surface area contributed by atoms with Gasteiger partial charge in [0.05, 0.1) is 64.7 Å². The van der Waals surface area contributed by atoms with E-state index >= 15 is 0 Å². The van der Waals surface area contributed by atoms with Gasteiger partial charge in [-0.25, -0.2) is 19.9 Å². The third-order valence-electron chi connectivity index (χ3n) is 10.6. The number of nitrogens with one attached hydrogen (secondary N) is 1. The number of aryl methyl sites for hydroxylation is 2. The average Bonchev–Trinajstić information content (AvgIpc) is 3.79. The Morgan fingerprint density at radius 2 is 1.20 bits per heavy atom. The second kappa shape index (κ2) is 21.1. The van der Waals surface area contributed by atoms with Crippen molar-refractivity contribution in [1.82, 2.24) is 29.1 Å². The third-order valence-corrected chi connectivity index (χ3v) is 10.8. The highest BCUT2D eigenvalue weighted by Gasteiger charge is 2.24. The molecule has 3 N–H and O–H groups in total. The van der Waals surface area contributed by atoms with Crippen molar-refractivity contribution >= 4 is 70.5 Å². The molecule has 3 radical (unpaired) electrons. The van der Waals surface area contributed by atoms with Gasteiger partial charge in [-0.15, -0.1) is 0 Å². The minimum atomic E-state index is -0.880. The summed E-state index contributed by atoms with van der Waals surface area (Å²) in [5, 5.41) is 26.8. The predicted octanol–water partition coefficient (Wildman–Crippen LogP) is 10.5. The first-order valence-corrected chi connectivity index (χ1v) is 19.9. The molecule has 0 saturated carbocycles. The first-order valence-electron chi connectivity index (χ1n) is 19.5. The Hall–Kier alpha value is -7.35. The summed E-state index contributed by atoms with van der Waals surface area (Å²) in [5.41, 5.74) is 14.0. The fourth-order valence-electron chi connectivity index (χ4n) is 7.65. The van der Waals surface area contributed by atoms with Crippen LogP contribution >= 0.6 is 11.6 Å². The van der Waals surface area contributed by atoms with Crippen molar-refractivity contribution in [3.8, 4) is 22.5 Å². The standard InChI is InChI=1S/C22H18FN5O3.C15H12ClN3O.C7H7FN2O2.2CH4.B/c1-13-10-15(23)19(28(29)30)11-17(13)26-22-24-7-6-16(25-22)21-14-4-2-3-5-18(14)27-8-9-31-12-20(21)27;16-15-17-6-5-11(18-15)14-10-3-1-2-4-12(10)19-7-8-20-9-13(14)19;1-4-2-5(8)7(10(11)12)3-6(4)9;;;/h2-7,10-11H,8-9,12H2,1H3,(H,24,25,26);1-6H,7-9H2;2-3H,9H2,1H3;2*1H4;. The minimum absolute atomic E-state index is 0. The lowest BCUT2D eigenvalue weighted by molar-refractivity contribution is -0.387. The van der Waals surface area contributed by atoms with Crippen molar-refractivity contribution in [1.29, 1.82) is 0 Å². The van der Waals surface area contributed by atoms with E-state index < -0.39 is 32.9 Å². The van der Waals surface area contributed by atoms with Crippen LogP contribution in [0.25, 0.3) is 44.3 Å². The summed E-state index contributed by atoms with van der Waals surface area (Å²) in [6.07, 6.45) is 3.31. The van der Waals surface area contributed by atoms with E-state index in [0.29, 0.717) is 42.3 Å². The third kappa shape index (κ3) is 9.97. The number of ether oxygens (including phenoxy) is 2. The first-order chi connectivity index (χ1) is 30.4. The first kappa shape index (κ1) is 49.7. The van der Waals surface area contributed by atoms with Gasteiger partial charge < -0.3 is 29.7 Å². The maximum absolute atomic E-state index is 13.9. The number of nitro benzene ring substituents is 2. The number of hydrogen-bond donors (Lipinski definition) is 2. The molecular weight excluding hydrogens is 873 g/mol. The molecule has 0 amide bonds. The van der Waals surface area contributed by atoms with Gasteiger partial charge in [-0.05, 0) is 73.0 Å². The zero-order valence-corrected chi connectivity index (χ0v) is 35.1. The van der Waals surface area contributed by atoms with Crippen LogP contribution in [-0.4, -0.2) is 60.5 Å². The Kier molecular flexibility index (Phi) is 15.9. The fourth-order valence-corrected chi connectivity index (χ4v) is 7.80. The maximum Gasteiger partial charge on any atom is 0.306 e. The monoisotopic (exact) mass is 917 g/mol. The number of para-hydroxylation sites is 2. The summed E-state index contributed by atoms with van der Waals surface area (Å²) in [7, 11) is 0. The number of anilines is 3. The number of hydrogen-bond acceptors (Lipinski definition) is 12. The van der Waals surface area contributed by atoms with E-state index in [2.05, 4.69) is 64.7 Å². The lowest BCUT2D eigenvalue weighted by atomic mass is 10.1. The predicted molar refractivity (Wildman–Crippen MR) is 253 cm³/mol. The number of benzene rings is 4. The molecule has 0 unspecified atom stereocenters. The highest BCUT2D eigenvalue weighted by atomic mass is 35.5. The van der Waals surface area contributed by atoms with E-state index in [1.165, 1.54) is 10.9 Å². The molecule has 4 aromatic heterocycles. The van der Waals surface area contributed by atoms with E-state index in [1.807, 2.05) is 30.3 Å². The summed E-state index contributed by atoms with van der Waals surface area (Å²) in [6, 6.07) is 24.5. The molecule has 0 bridgehead atoms. The van der Waals surface area contributed by atoms with Crippen molar-refractivity contribution in [2.45, 2.75) is 55.0 Å². The molecule has 10 rings (SSSR count). The molecule has 2 aliphatic heterocycles. The average molecular weight is 918 g/mol. The van der Waals surface area contributed by atoms with Crippen LogP contribution in [0.3, 0.4) is 0 Å². The van der Waals surface area contributed by atoms with Gasteiger partial charge in [0, 0.05) is 84.6 Å². The highest BCUT2D eigenvalue weighted by Crippen LogP contribution is 2.38. The quantitative estimate of drug-likeness (QED) is 0.0526. The summed E-state index contributed by atoms with van der Waals surface area (Å²) < 4.78 is 42.5. The van der Waals surface area contributed by atoms with Crippen LogP contribution < -0.4 is 11.1 Å². The number of fused-ring (bicyclic) bond motifs is 6. The summed E-state index contributed by atoms with van der Waals surface area (Å²) in [4.78, 5) is 37.0. The van der Waals surface area contributed by atoms with E-state index in [9.17, 15) is 29.0 Å². The van der Waals surface area contributed by atoms with E-state index in [0.717, 1.165) is 83.1 Å². The number of nitrogens with two attached hydrogens (primary N) is 1. The zero-order valence-electron chi connectivity index (χ0n) is 34.3. The van der Waals surface area contributed by atoms with E-state index in [1.54, 1.807) is 26.2 Å². The molecule has 2 aliphatic rings. The highest BCUT2D eigenvalue weighted by molar-refractivity contribution is 6.28. The van der Waals surface area contributed by atoms with Gasteiger partial charge in [-0.2, -0.15) is 8.78 Å². The van der Waals surface area contributed by atoms with Crippen LogP contribution in [0.2, 0.25) is 5.28 Å². The Labute approximate surface area is 385 Å². The lowest BCUT2D eigenvalue weighted by Crippen LogP contribution is -2.16. The Morgan fingerprint density at radius 3 is 1.73 bits per heavy atom. The second-order valence-electron chi connectivity index (χ2n) is 14.5. The smallest absolute Gasteiger partial charge is 0.306 e. The summed E-state index contributed by atoms with van der Waals surface area (Å²) >= 11 is 5.94. The molecule has 8 aromatic rings. The van der Waals surface area contributed by atoms with E-state index in [4.69, 9.17) is 26.8 Å². The number of nitro groups is 2. The Morgan fingerprint density at radius 1 is 0.712 bits per heavy atom. The lowest BCUT2D eigenvalue weighted by Gasteiger charge is -2.18. The van der Waals surface area contributed by atoms with Crippen molar-refractivity contribution < 1.29 is 28.1 Å². The molecule has 0 spiro atoms. The molecule has 0 fully saturated rings. The molecule has 20 heteroatoms. The number of aromatic nitrogens is 6. The topological polar surface area (TPSA) is 204 Å². The molecule has 66 heavy (non-hydrogen) atoms. The largest absolute Gasteiger partial charge is 0.398 e. The summed E-state index contributed by atoms with van der Waals surface area (Å²) in [5.74, 6) is -1.47. The number of nitrogen functional groups attached to an aromatic ring is 1. The molecular formula is C46H45BClF2N10O6. The molecule has 0 atom stereocenters. The van der Waals surface area contributed by atoms with Crippen molar-refractivity contribution in [2.75, 3.05) is 24.3 Å². The van der Waals surface area contributed by atoms with Gasteiger partial charge in [-0.3, -0.25) is 20.2 Å². The van der Waals surface area contributed by atoms with Gasteiger partial charge >= 0.3 is 11.4 Å². The van der Waals surface area contributed by atoms with Crippen molar-refractivity contribution in [3.05, 3.63) is 157 Å². The van der Waals surface area contributed by atoms with Gasteiger partial charge in [-0.1, -0.05) is 51.3 Å². The molecule has 6 heterocycles. The SMILES string of the molecule is C.C.Cc1cc(F)c([N+](=O)[O-])cc1N.Cc1cc(F)c([N+](=O)[O-])cc1Nc1nccc(-c2c3n(c4ccccc24)CCOC3)n1.Clc1nccc(-c2c3n(c4ccccc24)CCOC3)n1.[B]. The molecule has 4 aromatic carbocycles. The van der Waals surface area contributed by atoms with Crippen LogP contribution in [0.4, 0.5) is 37.5 Å². The fraction of sp³-hybridized carbons (Fsp3) is 0.217. The molecule has 339 valence electrons. The molecule has 0 saturated heterocycles. The second-order valence-corrected chi connectivity index (χ2v) is 14.8. The number of halogens is 3. The molecule has 16 nitrogen and oxygen atoms in total. The van der Waals surface area contributed by atoms with Gasteiger partial charge in [0.25, 0.3) is 0 Å². The number of nitrogens with zero attached hydrogens (tertiary/aromatic N) is 8. The van der Waals surface area contributed by atoms with Crippen LogP contribution in [0.5, 0.6) is 0 Å². The van der Waals surface area contributed by atoms with Crippen LogP contribution in [-0.2, 0) is 35.8 Å². The zero-order chi connectivity index (χ0) is 44.4. The van der Waals surface area contributed by atoms with Gasteiger partial charge in [0.1, 0.15) is 0 Å². The van der Waals surface area contributed by atoms with Crippen LogP contribution in [0.1, 0.15) is 37.4 Å². The minimum Gasteiger partial charge on any atom is -0.398 e. The normalized spacial score (nSPS) is 12.4. The maximum atomic E-state index is 13.9. The van der Waals surface area contributed by atoms with Gasteiger partial charge in [0.15, 0.2) is 0 Å². The van der Waals surface area contributed by atoms with Crippen molar-refractivity contribution in [2.24, 2.45) is 0 Å². The van der Waals surface area contributed by atoms with Crippen LogP contribution in [0.15, 0.2) is 97.3 Å². The van der Waals surface area contributed by atoms with E-state index in [-0.39, 0.29) is 40.2 Å². The summed E-state index contributed by atoms with van der Waals surface area (Å²) in [6.45, 7) is 7.38. The Bertz CT molecular complexity index is 3080.